The molecule has 0 bridgehead atoms. The summed E-state index contributed by atoms with van der Waals surface area (Å²) in [4.78, 5) is 21.5. The van der Waals surface area contributed by atoms with E-state index in [1.165, 1.54) is 12.8 Å². The van der Waals surface area contributed by atoms with E-state index in [4.69, 9.17) is 27.9 Å². The first kappa shape index (κ1) is 18.5. The van der Waals surface area contributed by atoms with Crippen LogP contribution in [0.3, 0.4) is 0 Å². The molecule has 1 aliphatic heterocycles. The molecule has 2 heterocycles. The molecular formula is C20H21Cl2N3O2. The van der Waals surface area contributed by atoms with Crippen LogP contribution in [0.25, 0.3) is 0 Å². The van der Waals surface area contributed by atoms with Crippen LogP contribution in [0.4, 0.5) is 0 Å². The van der Waals surface area contributed by atoms with Crippen molar-refractivity contribution in [2.24, 2.45) is 0 Å². The number of ether oxygens (including phenoxy) is 1. The van der Waals surface area contributed by atoms with Gasteiger partial charge in [0, 0.05) is 50.6 Å². The van der Waals surface area contributed by atoms with Crippen molar-refractivity contribution in [3.8, 4) is 11.6 Å². The first-order valence-corrected chi connectivity index (χ1v) is 9.98. The molecule has 0 N–H and O–H groups in total. The van der Waals surface area contributed by atoms with E-state index in [-0.39, 0.29) is 5.91 Å². The zero-order valence-electron chi connectivity index (χ0n) is 14.9. The number of nitrogens with zero attached hydrogens (tertiary/aromatic N) is 3. The lowest BCUT2D eigenvalue weighted by Gasteiger charge is -2.21. The minimum absolute atomic E-state index is 0.0289. The summed E-state index contributed by atoms with van der Waals surface area (Å²) in [7, 11) is 0. The van der Waals surface area contributed by atoms with Gasteiger partial charge in [0.05, 0.1) is 15.6 Å². The third kappa shape index (κ3) is 4.54. The Kier molecular flexibility index (Phi) is 5.53. The number of aromatic nitrogens is 1. The highest BCUT2D eigenvalue weighted by Crippen LogP contribution is 2.29. The fourth-order valence-electron chi connectivity index (χ4n) is 3.36. The van der Waals surface area contributed by atoms with Crippen LogP contribution in [0, 0.1) is 0 Å². The van der Waals surface area contributed by atoms with E-state index in [2.05, 4.69) is 9.88 Å². The molecule has 7 heteroatoms. The van der Waals surface area contributed by atoms with Crippen LogP contribution < -0.4 is 4.74 Å². The zero-order chi connectivity index (χ0) is 18.8. The van der Waals surface area contributed by atoms with E-state index in [1.807, 2.05) is 4.90 Å². The van der Waals surface area contributed by atoms with Gasteiger partial charge >= 0.3 is 0 Å². The Bertz CT molecular complexity index is 824. The Morgan fingerprint density at radius 3 is 2.59 bits per heavy atom. The molecule has 1 aliphatic carbocycles. The molecule has 27 heavy (non-hydrogen) atoms. The van der Waals surface area contributed by atoms with Gasteiger partial charge in [0.15, 0.2) is 0 Å². The highest BCUT2D eigenvalue weighted by atomic mass is 35.5. The molecule has 2 fully saturated rings. The van der Waals surface area contributed by atoms with Crippen molar-refractivity contribution in [2.45, 2.75) is 25.3 Å². The molecule has 1 aromatic carbocycles. The molecule has 142 valence electrons. The molecule has 0 spiro atoms. The maximum Gasteiger partial charge on any atom is 0.255 e. The van der Waals surface area contributed by atoms with E-state index in [0.29, 0.717) is 27.2 Å². The summed E-state index contributed by atoms with van der Waals surface area (Å²) in [6.07, 6.45) is 5.20. The minimum Gasteiger partial charge on any atom is -0.439 e. The van der Waals surface area contributed by atoms with Crippen LogP contribution in [-0.2, 0) is 0 Å². The maximum absolute atomic E-state index is 12.8. The number of benzene rings is 1. The quantitative estimate of drug-likeness (QED) is 0.751. The SMILES string of the molecule is O=C(c1ccc(Oc2ccc(Cl)c(Cl)c2)nc1)N1CCCN(C2CC2)CC1. The maximum atomic E-state index is 12.8. The summed E-state index contributed by atoms with van der Waals surface area (Å²) in [6, 6.07) is 9.22. The highest BCUT2D eigenvalue weighted by molar-refractivity contribution is 6.42. The van der Waals surface area contributed by atoms with Crippen molar-refractivity contribution in [2.75, 3.05) is 26.2 Å². The molecule has 0 radical (unpaired) electrons. The monoisotopic (exact) mass is 405 g/mol. The number of carbonyl (C=O) groups is 1. The topological polar surface area (TPSA) is 45.7 Å². The molecule has 1 aromatic heterocycles. The van der Waals surface area contributed by atoms with Crippen LogP contribution in [0.2, 0.25) is 10.0 Å². The van der Waals surface area contributed by atoms with E-state index in [1.54, 1.807) is 36.5 Å². The summed E-state index contributed by atoms with van der Waals surface area (Å²) in [5, 5.41) is 0.887. The number of halogens is 2. The standard InChI is InChI=1S/C20H21Cl2N3O2/c21-17-6-5-16(12-18(17)22)27-19-7-2-14(13-23-19)20(26)25-9-1-8-24(10-11-25)15-3-4-15/h2,5-7,12-13,15H,1,3-4,8-11H2. The predicted octanol–water partition coefficient (Wildman–Crippen LogP) is 4.49. The fraction of sp³-hybridized carbons (Fsp3) is 0.400. The van der Waals surface area contributed by atoms with Gasteiger partial charge in [-0.1, -0.05) is 23.2 Å². The van der Waals surface area contributed by atoms with Gasteiger partial charge in [-0.05, 0) is 37.5 Å². The third-order valence-electron chi connectivity index (χ3n) is 4.98. The molecule has 2 aromatic rings. The molecule has 1 saturated carbocycles. The van der Waals surface area contributed by atoms with Crippen LogP contribution in [-0.4, -0.2) is 52.9 Å². The normalized spacial score (nSPS) is 18.2. The van der Waals surface area contributed by atoms with Crippen molar-refractivity contribution in [3.05, 3.63) is 52.1 Å². The summed E-state index contributed by atoms with van der Waals surface area (Å²) >= 11 is 11.9. The molecule has 1 amide bonds. The number of amides is 1. The number of pyridine rings is 1. The predicted molar refractivity (Wildman–Crippen MR) is 106 cm³/mol. The largest absolute Gasteiger partial charge is 0.439 e. The number of rotatable bonds is 4. The van der Waals surface area contributed by atoms with Crippen molar-refractivity contribution in [1.82, 2.24) is 14.8 Å². The molecular weight excluding hydrogens is 385 g/mol. The average molecular weight is 406 g/mol. The van der Waals surface area contributed by atoms with Crippen molar-refractivity contribution in [1.29, 1.82) is 0 Å². The van der Waals surface area contributed by atoms with Crippen LogP contribution >= 0.6 is 23.2 Å². The van der Waals surface area contributed by atoms with Crippen molar-refractivity contribution >= 4 is 29.1 Å². The van der Waals surface area contributed by atoms with E-state index >= 15 is 0 Å². The van der Waals surface area contributed by atoms with E-state index in [9.17, 15) is 4.79 Å². The zero-order valence-corrected chi connectivity index (χ0v) is 16.4. The second-order valence-electron chi connectivity index (χ2n) is 6.98. The highest BCUT2D eigenvalue weighted by Gasteiger charge is 2.31. The first-order valence-electron chi connectivity index (χ1n) is 9.22. The smallest absolute Gasteiger partial charge is 0.255 e. The Labute approximate surface area is 168 Å². The van der Waals surface area contributed by atoms with Gasteiger partial charge in [-0.25, -0.2) is 4.98 Å². The van der Waals surface area contributed by atoms with Crippen molar-refractivity contribution in [3.63, 3.8) is 0 Å². The first-order chi connectivity index (χ1) is 13.1. The summed E-state index contributed by atoms with van der Waals surface area (Å²) < 4.78 is 5.68. The summed E-state index contributed by atoms with van der Waals surface area (Å²) in [6.45, 7) is 3.62. The van der Waals surface area contributed by atoms with Gasteiger partial charge in [-0.15, -0.1) is 0 Å². The fourth-order valence-corrected chi connectivity index (χ4v) is 3.64. The molecule has 5 nitrogen and oxygen atoms in total. The number of carbonyl (C=O) groups excluding carboxylic acids is 1. The summed E-state index contributed by atoms with van der Waals surface area (Å²) in [5.41, 5.74) is 0.580. The Morgan fingerprint density at radius 1 is 1.04 bits per heavy atom. The van der Waals surface area contributed by atoms with Gasteiger partial charge in [0.25, 0.3) is 5.91 Å². The average Bonchev–Trinajstić information content (AvgIpc) is 3.51. The van der Waals surface area contributed by atoms with Gasteiger partial charge in [-0.2, -0.15) is 0 Å². The Balaban J connectivity index is 1.39. The second-order valence-corrected chi connectivity index (χ2v) is 7.79. The van der Waals surface area contributed by atoms with Crippen LogP contribution in [0.15, 0.2) is 36.5 Å². The van der Waals surface area contributed by atoms with E-state index < -0.39 is 0 Å². The lowest BCUT2D eigenvalue weighted by Crippen LogP contribution is -2.35. The van der Waals surface area contributed by atoms with Gasteiger partial charge < -0.3 is 9.64 Å². The molecule has 1 saturated heterocycles. The molecule has 0 unspecified atom stereocenters. The van der Waals surface area contributed by atoms with E-state index in [0.717, 1.165) is 38.6 Å². The van der Waals surface area contributed by atoms with Crippen LogP contribution in [0.5, 0.6) is 11.6 Å². The number of hydrogen-bond acceptors (Lipinski definition) is 4. The third-order valence-corrected chi connectivity index (χ3v) is 5.72. The lowest BCUT2D eigenvalue weighted by atomic mass is 10.2. The van der Waals surface area contributed by atoms with Gasteiger partial charge in [0.2, 0.25) is 5.88 Å². The van der Waals surface area contributed by atoms with Gasteiger partial charge in [-0.3, -0.25) is 9.69 Å². The lowest BCUT2D eigenvalue weighted by molar-refractivity contribution is 0.0760. The Morgan fingerprint density at radius 2 is 1.89 bits per heavy atom. The molecule has 0 atom stereocenters. The molecule has 2 aliphatic rings. The molecule has 4 rings (SSSR count). The second kappa shape index (κ2) is 8.05. The number of hydrogen-bond donors (Lipinski definition) is 0. The van der Waals surface area contributed by atoms with Gasteiger partial charge in [0.1, 0.15) is 5.75 Å². The summed E-state index contributed by atoms with van der Waals surface area (Å²) in [5.74, 6) is 0.977. The van der Waals surface area contributed by atoms with Crippen LogP contribution in [0.1, 0.15) is 29.6 Å². The van der Waals surface area contributed by atoms with Crippen molar-refractivity contribution < 1.29 is 9.53 Å². The Hall–Kier alpha value is -1.82. The minimum atomic E-state index is 0.0289.